The molecule has 0 bridgehead atoms. The molecule has 0 aliphatic heterocycles. The molecule has 0 fully saturated rings. The lowest BCUT2D eigenvalue weighted by Gasteiger charge is -2.25. The predicted molar refractivity (Wildman–Crippen MR) is 64.2 cm³/mol. The van der Waals surface area contributed by atoms with Gasteiger partial charge in [0, 0.05) is 5.02 Å². The minimum Gasteiger partial charge on any atom is -0.0843 e. The van der Waals surface area contributed by atoms with E-state index in [0.717, 1.165) is 5.02 Å². The highest BCUT2D eigenvalue weighted by atomic mass is 35.5. The summed E-state index contributed by atoms with van der Waals surface area (Å²) in [4.78, 5) is 0. The van der Waals surface area contributed by atoms with Crippen LogP contribution >= 0.6 is 11.6 Å². The Morgan fingerprint density at radius 1 is 1.14 bits per heavy atom. The Hall–Kier alpha value is -0.490. The Balaban J connectivity index is 3.30. The van der Waals surface area contributed by atoms with Gasteiger partial charge in [-0.2, -0.15) is 0 Å². The van der Waals surface area contributed by atoms with Gasteiger partial charge >= 0.3 is 0 Å². The molecule has 0 radical (unpaired) electrons. The van der Waals surface area contributed by atoms with Crippen molar-refractivity contribution in [1.29, 1.82) is 0 Å². The first kappa shape index (κ1) is 11.6. The van der Waals surface area contributed by atoms with Gasteiger partial charge in [-0.15, -0.1) is 0 Å². The van der Waals surface area contributed by atoms with Crippen LogP contribution in [-0.2, 0) is 5.41 Å². The van der Waals surface area contributed by atoms with Crippen molar-refractivity contribution < 1.29 is 0 Å². The molecular weight excluding hydrogens is 192 g/mol. The number of benzene rings is 1. The normalized spacial score (nSPS) is 12.2. The summed E-state index contributed by atoms with van der Waals surface area (Å²) in [6.45, 7) is 11.1. The third-order valence-electron chi connectivity index (χ3n) is 2.45. The highest BCUT2D eigenvalue weighted by Gasteiger charge is 2.19. The molecule has 0 atom stereocenters. The average molecular weight is 211 g/mol. The fraction of sp³-hybridized carbons (Fsp3) is 0.538. The number of rotatable bonds is 1. The molecule has 0 heterocycles. The fourth-order valence-electron chi connectivity index (χ4n) is 1.68. The van der Waals surface area contributed by atoms with E-state index in [2.05, 4.69) is 46.8 Å². The smallest absolute Gasteiger partial charge is 0.0409 e. The van der Waals surface area contributed by atoms with Crippen LogP contribution in [0, 0.1) is 0 Å². The summed E-state index contributed by atoms with van der Waals surface area (Å²) in [5, 5.41) is 0.833. The summed E-state index contributed by atoms with van der Waals surface area (Å²) < 4.78 is 0. The maximum Gasteiger partial charge on any atom is 0.0409 e. The van der Waals surface area contributed by atoms with Crippen LogP contribution in [0.5, 0.6) is 0 Å². The third kappa shape index (κ3) is 2.51. The van der Waals surface area contributed by atoms with Crippen molar-refractivity contribution in [2.45, 2.75) is 46.0 Å². The van der Waals surface area contributed by atoms with E-state index in [9.17, 15) is 0 Å². The monoisotopic (exact) mass is 210 g/mol. The zero-order chi connectivity index (χ0) is 10.9. The third-order valence-corrected chi connectivity index (χ3v) is 2.68. The molecular formula is C13H19Cl. The first-order chi connectivity index (χ1) is 6.32. The van der Waals surface area contributed by atoms with Crippen LogP contribution < -0.4 is 0 Å². The van der Waals surface area contributed by atoms with E-state index in [1.165, 1.54) is 11.1 Å². The SMILES string of the molecule is CC(C)c1ccc(Cl)cc1C(C)(C)C. The Morgan fingerprint density at radius 3 is 2.14 bits per heavy atom. The van der Waals surface area contributed by atoms with Crippen molar-refractivity contribution in [3.63, 3.8) is 0 Å². The van der Waals surface area contributed by atoms with E-state index in [-0.39, 0.29) is 5.41 Å². The van der Waals surface area contributed by atoms with Gasteiger partial charge in [0.15, 0.2) is 0 Å². The standard InChI is InChI=1S/C13H19Cl/c1-9(2)11-7-6-10(14)8-12(11)13(3,4)5/h6-9H,1-5H3. The topological polar surface area (TPSA) is 0 Å². The Morgan fingerprint density at radius 2 is 1.71 bits per heavy atom. The van der Waals surface area contributed by atoms with Gasteiger partial charge in [-0.3, -0.25) is 0 Å². The summed E-state index contributed by atoms with van der Waals surface area (Å²) in [6, 6.07) is 6.22. The largest absolute Gasteiger partial charge is 0.0843 e. The summed E-state index contributed by atoms with van der Waals surface area (Å²) >= 11 is 6.03. The molecule has 0 saturated carbocycles. The number of halogens is 1. The van der Waals surface area contributed by atoms with Gasteiger partial charge in [0.25, 0.3) is 0 Å². The molecule has 1 rings (SSSR count). The van der Waals surface area contributed by atoms with Crippen LogP contribution in [0.15, 0.2) is 18.2 Å². The molecule has 0 aromatic heterocycles. The Bertz CT molecular complexity index is 318. The molecule has 1 aromatic carbocycles. The van der Waals surface area contributed by atoms with Gasteiger partial charge in [0.2, 0.25) is 0 Å². The second-order valence-corrected chi connectivity index (χ2v) is 5.57. The first-order valence-electron chi connectivity index (χ1n) is 5.12. The van der Waals surface area contributed by atoms with Crippen LogP contribution in [0.25, 0.3) is 0 Å². The predicted octanol–water partition coefficient (Wildman–Crippen LogP) is 4.76. The molecule has 0 spiro atoms. The molecule has 0 saturated heterocycles. The maximum atomic E-state index is 6.03. The van der Waals surface area contributed by atoms with Gasteiger partial charge in [-0.1, -0.05) is 52.3 Å². The van der Waals surface area contributed by atoms with Gasteiger partial charge in [0.1, 0.15) is 0 Å². The van der Waals surface area contributed by atoms with E-state index in [0.29, 0.717) is 5.92 Å². The second-order valence-electron chi connectivity index (χ2n) is 5.14. The first-order valence-corrected chi connectivity index (χ1v) is 5.50. The van der Waals surface area contributed by atoms with Crippen LogP contribution in [0.3, 0.4) is 0 Å². The van der Waals surface area contributed by atoms with Crippen molar-refractivity contribution in [1.82, 2.24) is 0 Å². The van der Waals surface area contributed by atoms with Crippen LogP contribution in [0.2, 0.25) is 5.02 Å². The highest BCUT2D eigenvalue weighted by molar-refractivity contribution is 6.30. The summed E-state index contributed by atoms with van der Waals surface area (Å²) in [5.74, 6) is 0.557. The van der Waals surface area contributed by atoms with Crippen molar-refractivity contribution in [3.05, 3.63) is 34.3 Å². The van der Waals surface area contributed by atoms with Crippen molar-refractivity contribution in [3.8, 4) is 0 Å². The Labute approximate surface area is 92.3 Å². The zero-order valence-corrected chi connectivity index (χ0v) is 10.4. The lowest BCUT2D eigenvalue weighted by molar-refractivity contribution is 0.577. The maximum absolute atomic E-state index is 6.03. The average Bonchev–Trinajstić information content (AvgIpc) is 2.01. The van der Waals surface area contributed by atoms with E-state index >= 15 is 0 Å². The molecule has 78 valence electrons. The number of hydrogen-bond acceptors (Lipinski definition) is 0. The van der Waals surface area contributed by atoms with Crippen LogP contribution in [0.1, 0.15) is 51.7 Å². The number of hydrogen-bond donors (Lipinski definition) is 0. The van der Waals surface area contributed by atoms with Crippen LogP contribution in [-0.4, -0.2) is 0 Å². The fourth-order valence-corrected chi connectivity index (χ4v) is 1.85. The van der Waals surface area contributed by atoms with E-state index in [4.69, 9.17) is 11.6 Å². The quantitative estimate of drug-likeness (QED) is 0.627. The molecule has 1 heteroatoms. The lowest BCUT2D eigenvalue weighted by Crippen LogP contribution is -2.14. The lowest BCUT2D eigenvalue weighted by atomic mass is 9.81. The minimum atomic E-state index is 0.171. The van der Waals surface area contributed by atoms with Crippen molar-refractivity contribution >= 4 is 11.6 Å². The van der Waals surface area contributed by atoms with Crippen molar-refractivity contribution in [2.75, 3.05) is 0 Å². The van der Waals surface area contributed by atoms with Gasteiger partial charge < -0.3 is 0 Å². The zero-order valence-electron chi connectivity index (χ0n) is 9.69. The second kappa shape index (κ2) is 3.94. The Kier molecular flexibility index (Phi) is 3.26. The van der Waals surface area contributed by atoms with Gasteiger partial charge in [0.05, 0.1) is 0 Å². The van der Waals surface area contributed by atoms with Gasteiger partial charge in [-0.25, -0.2) is 0 Å². The van der Waals surface area contributed by atoms with Crippen LogP contribution in [0.4, 0.5) is 0 Å². The molecule has 0 unspecified atom stereocenters. The molecule has 0 aliphatic rings. The summed E-state index contributed by atoms with van der Waals surface area (Å²) in [7, 11) is 0. The van der Waals surface area contributed by atoms with Crippen molar-refractivity contribution in [2.24, 2.45) is 0 Å². The highest BCUT2D eigenvalue weighted by Crippen LogP contribution is 2.32. The summed E-state index contributed by atoms with van der Waals surface area (Å²) in [6.07, 6.45) is 0. The molecule has 0 amide bonds. The van der Waals surface area contributed by atoms with E-state index < -0.39 is 0 Å². The van der Waals surface area contributed by atoms with E-state index in [1.807, 2.05) is 6.07 Å². The molecule has 0 N–H and O–H groups in total. The molecule has 14 heavy (non-hydrogen) atoms. The summed E-state index contributed by atoms with van der Waals surface area (Å²) in [5.41, 5.74) is 2.94. The molecule has 1 aromatic rings. The van der Waals surface area contributed by atoms with E-state index in [1.54, 1.807) is 0 Å². The molecule has 0 nitrogen and oxygen atoms in total. The minimum absolute atomic E-state index is 0.171. The van der Waals surface area contributed by atoms with Gasteiger partial charge in [-0.05, 0) is 34.6 Å². The molecule has 0 aliphatic carbocycles.